The van der Waals surface area contributed by atoms with Gasteiger partial charge in [-0.3, -0.25) is 29.2 Å². The third-order valence-electron chi connectivity index (χ3n) is 13.7. The average Bonchev–Trinajstić information content (AvgIpc) is 3.87. The number of carbonyl (C=O) groups is 4. The van der Waals surface area contributed by atoms with E-state index in [0.717, 1.165) is 118 Å². The Labute approximate surface area is 355 Å². The lowest BCUT2D eigenvalue weighted by Gasteiger charge is -2.38. The van der Waals surface area contributed by atoms with Crippen molar-refractivity contribution in [3.05, 3.63) is 65.6 Å². The van der Waals surface area contributed by atoms with Crippen LogP contribution in [-0.2, 0) is 20.9 Å². The largest absolute Gasteiger partial charge is 0.378 e. The maximum absolute atomic E-state index is 13.7. The number of rotatable bonds is 9. The van der Waals surface area contributed by atoms with Crippen LogP contribution in [0, 0.1) is 5.92 Å². The van der Waals surface area contributed by atoms with Crippen LogP contribution in [0.2, 0.25) is 0 Å². The van der Waals surface area contributed by atoms with E-state index in [2.05, 4.69) is 69.3 Å². The maximum atomic E-state index is 13.7. The van der Waals surface area contributed by atoms with Crippen LogP contribution in [0.4, 0.5) is 23.0 Å². The van der Waals surface area contributed by atoms with Crippen molar-refractivity contribution >= 4 is 57.5 Å². The molecule has 2 aromatic carbocycles. The molecule has 0 spiro atoms. The first kappa shape index (κ1) is 39.5. The van der Waals surface area contributed by atoms with Crippen LogP contribution in [-0.4, -0.2) is 131 Å². The van der Waals surface area contributed by atoms with Crippen molar-refractivity contribution in [3.63, 3.8) is 0 Å². The molecule has 16 nitrogen and oxygen atoms in total. The van der Waals surface area contributed by atoms with Crippen LogP contribution < -0.4 is 25.3 Å². The summed E-state index contributed by atoms with van der Waals surface area (Å²) < 4.78 is 7.65. The Bertz CT molecular complexity index is 2300. The van der Waals surface area contributed by atoms with E-state index < -0.39 is 6.04 Å². The number of piperidine rings is 4. The fourth-order valence-electron chi connectivity index (χ4n) is 10.2. The molecule has 1 atom stereocenters. The molecule has 6 aliphatic heterocycles. The molecule has 5 saturated heterocycles. The van der Waals surface area contributed by atoms with Gasteiger partial charge in [-0.15, -0.1) is 0 Å². The van der Waals surface area contributed by atoms with Gasteiger partial charge in [0.2, 0.25) is 17.8 Å². The molecule has 10 rings (SSSR count). The van der Waals surface area contributed by atoms with Crippen molar-refractivity contribution in [1.29, 1.82) is 0 Å². The summed E-state index contributed by atoms with van der Waals surface area (Å²) in [5.41, 5.74) is 5.75. The third-order valence-corrected chi connectivity index (χ3v) is 13.7. The van der Waals surface area contributed by atoms with Gasteiger partial charge in [-0.05, 0) is 93.2 Å². The lowest BCUT2D eigenvalue weighted by atomic mass is 9.94. The molecule has 320 valence electrons. The predicted molar refractivity (Wildman–Crippen MR) is 231 cm³/mol. The summed E-state index contributed by atoms with van der Waals surface area (Å²) in [6.07, 6.45) is 12.2. The molecule has 61 heavy (non-hydrogen) atoms. The number of nitrogens with one attached hydrogen (secondary N) is 2. The molecule has 5 fully saturated rings. The Hall–Kier alpha value is -5.61. The second-order valence-corrected chi connectivity index (χ2v) is 17.6. The quantitative estimate of drug-likeness (QED) is 0.232. The van der Waals surface area contributed by atoms with E-state index in [0.29, 0.717) is 68.4 Å². The van der Waals surface area contributed by atoms with E-state index in [-0.39, 0.29) is 30.0 Å². The number of fused-ring (bicyclic) bond motifs is 2. The van der Waals surface area contributed by atoms with E-state index >= 15 is 0 Å². The number of hydrogen-bond acceptors (Lipinski definition) is 12. The number of anilines is 4. The SMILES string of the molecule is O=C1CCC(N2Cc3ccc(N4CCC(CN5CCC(n6cc7cc(NC(=O)c8ccnc(N9CCOCC9)n8)c(N8CCCCC8)cc7n6)CC5)CC4)cc3C2=O)C(=O)N1. The highest BCUT2D eigenvalue weighted by molar-refractivity contribution is 6.07. The average molecular weight is 830 g/mol. The number of nitrogens with zero attached hydrogens (tertiary/aromatic N) is 9. The van der Waals surface area contributed by atoms with Crippen LogP contribution in [0.25, 0.3) is 10.9 Å². The summed E-state index contributed by atoms with van der Waals surface area (Å²) in [5, 5.41) is 11.8. The van der Waals surface area contributed by atoms with E-state index in [1.54, 1.807) is 17.2 Å². The Morgan fingerprint density at radius 2 is 1.64 bits per heavy atom. The summed E-state index contributed by atoms with van der Waals surface area (Å²) in [5.74, 6) is 0.145. The van der Waals surface area contributed by atoms with Gasteiger partial charge >= 0.3 is 0 Å². The number of carbonyl (C=O) groups excluding carboxylic acids is 4. The van der Waals surface area contributed by atoms with Crippen molar-refractivity contribution in [2.45, 2.75) is 76.4 Å². The van der Waals surface area contributed by atoms with Gasteiger partial charge in [0.1, 0.15) is 11.7 Å². The number of amides is 4. The molecule has 16 heteroatoms. The second kappa shape index (κ2) is 17.0. The molecule has 6 aliphatic rings. The molecule has 0 saturated carbocycles. The molecular formula is C45H55N11O5. The smallest absolute Gasteiger partial charge is 0.274 e. The predicted octanol–water partition coefficient (Wildman–Crippen LogP) is 4.22. The zero-order chi connectivity index (χ0) is 41.5. The molecule has 4 aromatic rings. The van der Waals surface area contributed by atoms with Crippen LogP contribution >= 0.6 is 0 Å². The highest BCUT2D eigenvalue weighted by Gasteiger charge is 2.39. The van der Waals surface area contributed by atoms with Crippen LogP contribution in [0.15, 0.2) is 48.8 Å². The Morgan fingerprint density at radius 3 is 2.43 bits per heavy atom. The van der Waals surface area contributed by atoms with Crippen molar-refractivity contribution in [3.8, 4) is 0 Å². The van der Waals surface area contributed by atoms with Crippen molar-refractivity contribution in [1.82, 2.24) is 34.9 Å². The number of hydrogen-bond donors (Lipinski definition) is 2. The number of morpholine rings is 1. The van der Waals surface area contributed by atoms with Gasteiger partial charge in [-0.25, -0.2) is 9.97 Å². The lowest BCUT2D eigenvalue weighted by molar-refractivity contribution is -0.136. The zero-order valence-corrected chi connectivity index (χ0v) is 34.8. The molecule has 0 aliphatic carbocycles. The number of aromatic nitrogens is 4. The van der Waals surface area contributed by atoms with Crippen molar-refractivity contribution in [2.24, 2.45) is 5.92 Å². The highest BCUT2D eigenvalue weighted by atomic mass is 16.5. The van der Waals surface area contributed by atoms with Crippen molar-refractivity contribution in [2.75, 3.05) is 92.1 Å². The first-order chi connectivity index (χ1) is 29.8. The van der Waals surface area contributed by atoms with Gasteiger partial charge in [0.15, 0.2) is 0 Å². The first-order valence-electron chi connectivity index (χ1n) is 22.3. The number of imide groups is 1. The number of benzene rings is 2. The number of ether oxygens (including phenoxy) is 1. The lowest BCUT2D eigenvalue weighted by Crippen LogP contribution is -2.52. The van der Waals surface area contributed by atoms with Crippen LogP contribution in [0.1, 0.15) is 90.2 Å². The molecule has 0 radical (unpaired) electrons. The topological polar surface area (TPSA) is 161 Å². The summed E-state index contributed by atoms with van der Waals surface area (Å²) in [4.78, 5) is 71.4. The Kier molecular flexibility index (Phi) is 11.0. The van der Waals surface area contributed by atoms with Crippen molar-refractivity contribution < 1.29 is 23.9 Å². The summed E-state index contributed by atoms with van der Waals surface area (Å²) in [7, 11) is 0. The second-order valence-electron chi connectivity index (χ2n) is 17.6. The van der Waals surface area contributed by atoms with E-state index in [1.165, 1.54) is 6.42 Å². The standard InChI is InChI=1S/C45H55N11O5/c57-41-7-6-39(43(59)49-41)55-28-31-4-5-34(25-35(31)44(55)60)52-18-9-30(10-19-52)27-51-16-11-33(12-17-51)56-29-32-24-38(40(26-37(32)50-56)53-14-2-1-3-15-53)47-42(58)36-8-13-46-45(48-36)54-20-22-61-23-21-54/h4-5,8,13,24-26,29-30,33,39H,1-3,6-7,9-12,14-23,27-28H2,(H,47,58)(H,49,57,59). The van der Waals surface area contributed by atoms with E-state index in [1.807, 2.05) is 12.1 Å². The molecule has 0 bridgehead atoms. The van der Waals surface area contributed by atoms with E-state index in [4.69, 9.17) is 9.84 Å². The molecule has 1 unspecified atom stereocenters. The van der Waals surface area contributed by atoms with Gasteiger partial charge in [-0.1, -0.05) is 6.07 Å². The van der Waals surface area contributed by atoms with Gasteiger partial charge in [0, 0.05) is 101 Å². The fraction of sp³-hybridized carbons (Fsp3) is 0.533. The third kappa shape index (κ3) is 8.27. The minimum Gasteiger partial charge on any atom is -0.378 e. The highest BCUT2D eigenvalue weighted by Crippen LogP contribution is 2.36. The molecule has 4 amide bonds. The maximum Gasteiger partial charge on any atom is 0.274 e. The minimum absolute atomic E-state index is 0.124. The normalized spacial score (nSPS) is 22.2. The Balaban J connectivity index is 0.749. The fourth-order valence-corrected chi connectivity index (χ4v) is 10.2. The van der Waals surface area contributed by atoms with Gasteiger partial charge in [0.05, 0.1) is 36.1 Å². The number of likely N-dealkylation sites (tertiary alicyclic amines) is 1. The van der Waals surface area contributed by atoms with E-state index in [9.17, 15) is 19.2 Å². The first-order valence-corrected chi connectivity index (χ1v) is 22.3. The monoisotopic (exact) mass is 829 g/mol. The summed E-state index contributed by atoms with van der Waals surface area (Å²) in [6, 6.07) is 11.8. The van der Waals surface area contributed by atoms with Crippen LogP contribution in [0.5, 0.6) is 0 Å². The zero-order valence-electron chi connectivity index (χ0n) is 34.8. The summed E-state index contributed by atoms with van der Waals surface area (Å²) in [6.45, 7) is 9.98. The summed E-state index contributed by atoms with van der Waals surface area (Å²) >= 11 is 0. The molecule has 2 aromatic heterocycles. The molecule has 8 heterocycles. The van der Waals surface area contributed by atoms with Gasteiger partial charge < -0.3 is 34.6 Å². The minimum atomic E-state index is -0.597. The Morgan fingerprint density at radius 1 is 0.836 bits per heavy atom. The van der Waals surface area contributed by atoms with Crippen LogP contribution in [0.3, 0.4) is 0 Å². The van der Waals surface area contributed by atoms with Gasteiger partial charge in [-0.2, -0.15) is 5.10 Å². The van der Waals surface area contributed by atoms with Gasteiger partial charge in [0.25, 0.3) is 11.8 Å². The molecular weight excluding hydrogens is 775 g/mol. The molecule has 2 N–H and O–H groups in total.